The van der Waals surface area contributed by atoms with Crippen LogP contribution in [0, 0.1) is 0 Å². The third-order valence-corrected chi connectivity index (χ3v) is 4.24. The molecular weight excluding hydrogens is 296 g/mol. The summed E-state index contributed by atoms with van der Waals surface area (Å²) in [4.78, 5) is 49.5. The number of benzene rings is 1. The number of unbranched alkanes of at least 4 members (excludes halogenated alkanes) is 1. The summed E-state index contributed by atoms with van der Waals surface area (Å²) in [5.41, 5.74) is -1.53. The smallest absolute Gasteiger partial charge is 0.261 e. The summed E-state index contributed by atoms with van der Waals surface area (Å²) in [6.07, 6.45) is 2.26. The van der Waals surface area contributed by atoms with Gasteiger partial charge in [-0.25, -0.2) is 0 Å². The maximum absolute atomic E-state index is 12.4. The molecule has 1 aromatic carbocycles. The second-order valence-electron chi connectivity index (χ2n) is 5.82. The second kappa shape index (κ2) is 5.61. The SMILES string of the molecule is CCCCn1c(=O)c2cc3c(=O)n(CCC)c(=O)c3cc2c1=O. The van der Waals surface area contributed by atoms with Crippen molar-refractivity contribution in [2.75, 3.05) is 0 Å². The van der Waals surface area contributed by atoms with Crippen molar-refractivity contribution in [3.8, 4) is 0 Å². The second-order valence-corrected chi connectivity index (χ2v) is 5.82. The first-order valence-electron chi connectivity index (χ1n) is 7.91. The van der Waals surface area contributed by atoms with Gasteiger partial charge in [0, 0.05) is 13.1 Å². The quantitative estimate of drug-likeness (QED) is 0.707. The Morgan fingerprint density at radius 1 is 0.652 bits per heavy atom. The molecule has 0 saturated carbocycles. The van der Waals surface area contributed by atoms with Gasteiger partial charge in [-0.1, -0.05) is 20.3 Å². The van der Waals surface area contributed by atoms with E-state index in [9.17, 15) is 19.2 Å². The zero-order chi connectivity index (χ0) is 16.7. The van der Waals surface area contributed by atoms with E-state index in [1.54, 1.807) is 0 Å². The number of nitrogens with zero attached hydrogens (tertiary/aromatic N) is 2. The first-order valence-corrected chi connectivity index (χ1v) is 7.91. The highest BCUT2D eigenvalue weighted by atomic mass is 16.2. The summed E-state index contributed by atoms with van der Waals surface area (Å²) < 4.78 is 2.37. The van der Waals surface area contributed by atoms with Crippen molar-refractivity contribution in [2.45, 2.75) is 46.2 Å². The monoisotopic (exact) mass is 314 g/mol. The summed E-state index contributed by atoms with van der Waals surface area (Å²) in [6.45, 7) is 4.55. The van der Waals surface area contributed by atoms with Crippen molar-refractivity contribution in [3.63, 3.8) is 0 Å². The molecule has 0 aliphatic rings. The van der Waals surface area contributed by atoms with E-state index in [4.69, 9.17) is 0 Å². The van der Waals surface area contributed by atoms with E-state index in [0.29, 0.717) is 19.5 Å². The molecular formula is C17H18N2O4. The maximum atomic E-state index is 12.4. The molecule has 2 heterocycles. The summed E-state index contributed by atoms with van der Waals surface area (Å²) in [6, 6.07) is 2.82. The third-order valence-electron chi connectivity index (χ3n) is 4.24. The van der Waals surface area contributed by atoms with Crippen LogP contribution in [0.25, 0.3) is 21.5 Å². The van der Waals surface area contributed by atoms with Crippen molar-refractivity contribution in [3.05, 3.63) is 53.5 Å². The standard InChI is InChI=1S/C17H18N2O4/c1-3-5-7-19-16(22)12-8-10-11(9-13(12)17(19)23)15(21)18(6-4-2)14(10)20/h8-9H,3-7H2,1-2H3. The molecule has 0 radical (unpaired) electrons. The van der Waals surface area contributed by atoms with Crippen LogP contribution in [-0.4, -0.2) is 9.13 Å². The van der Waals surface area contributed by atoms with E-state index in [2.05, 4.69) is 0 Å². The molecule has 0 aliphatic carbocycles. The minimum Gasteiger partial charge on any atom is -0.274 e. The van der Waals surface area contributed by atoms with E-state index >= 15 is 0 Å². The van der Waals surface area contributed by atoms with Gasteiger partial charge in [-0.3, -0.25) is 28.3 Å². The molecule has 120 valence electrons. The van der Waals surface area contributed by atoms with Gasteiger partial charge in [-0.2, -0.15) is 0 Å². The fraction of sp³-hybridized carbons (Fsp3) is 0.412. The van der Waals surface area contributed by atoms with Gasteiger partial charge < -0.3 is 0 Å². The van der Waals surface area contributed by atoms with E-state index in [1.807, 2.05) is 13.8 Å². The Labute approximate surface area is 131 Å². The van der Waals surface area contributed by atoms with Gasteiger partial charge >= 0.3 is 0 Å². The average molecular weight is 314 g/mol. The average Bonchev–Trinajstić information content (AvgIpc) is 2.92. The lowest BCUT2D eigenvalue weighted by atomic mass is 10.1. The van der Waals surface area contributed by atoms with Crippen molar-refractivity contribution < 1.29 is 0 Å². The molecule has 0 unspecified atom stereocenters. The molecule has 3 rings (SSSR count). The largest absolute Gasteiger partial charge is 0.274 e. The molecule has 3 aromatic rings. The van der Waals surface area contributed by atoms with E-state index in [0.717, 1.165) is 12.8 Å². The minimum absolute atomic E-state index is 0.223. The summed E-state index contributed by atoms with van der Waals surface area (Å²) >= 11 is 0. The Bertz CT molecular complexity index is 1020. The molecule has 6 heteroatoms. The van der Waals surface area contributed by atoms with Crippen LogP contribution in [0.2, 0.25) is 0 Å². The van der Waals surface area contributed by atoms with Crippen LogP contribution < -0.4 is 22.2 Å². The fourth-order valence-electron chi connectivity index (χ4n) is 3.02. The molecule has 0 amide bonds. The molecule has 0 bridgehead atoms. The first kappa shape index (κ1) is 15.4. The maximum Gasteiger partial charge on any atom is 0.261 e. The Balaban J connectivity index is 2.38. The zero-order valence-electron chi connectivity index (χ0n) is 13.2. The Kier molecular flexibility index (Phi) is 3.75. The van der Waals surface area contributed by atoms with Crippen LogP contribution in [0.4, 0.5) is 0 Å². The highest BCUT2D eigenvalue weighted by Gasteiger charge is 2.18. The Morgan fingerprint density at radius 3 is 1.39 bits per heavy atom. The topological polar surface area (TPSA) is 78.1 Å². The van der Waals surface area contributed by atoms with E-state index in [-0.39, 0.29) is 43.8 Å². The molecule has 0 N–H and O–H groups in total. The third kappa shape index (κ3) is 2.17. The number of hydrogen-bond acceptors (Lipinski definition) is 4. The van der Waals surface area contributed by atoms with Gasteiger partial charge in [0.15, 0.2) is 0 Å². The van der Waals surface area contributed by atoms with Gasteiger partial charge in [0.1, 0.15) is 0 Å². The van der Waals surface area contributed by atoms with E-state index < -0.39 is 0 Å². The first-order chi connectivity index (χ1) is 11.0. The number of hydrogen-bond donors (Lipinski definition) is 0. The molecule has 6 nitrogen and oxygen atoms in total. The van der Waals surface area contributed by atoms with Gasteiger partial charge in [0.2, 0.25) is 0 Å². The number of fused-ring (bicyclic) bond motifs is 2. The highest BCUT2D eigenvalue weighted by molar-refractivity contribution is 5.97. The number of rotatable bonds is 5. The lowest BCUT2D eigenvalue weighted by Gasteiger charge is -1.96. The van der Waals surface area contributed by atoms with Crippen molar-refractivity contribution >= 4 is 21.5 Å². The van der Waals surface area contributed by atoms with E-state index in [1.165, 1.54) is 21.3 Å². The number of aromatic nitrogens is 2. The zero-order valence-corrected chi connectivity index (χ0v) is 13.2. The van der Waals surface area contributed by atoms with Crippen LogP contribution in [-0.2, 0) is 13.1 Å². The summed E-state index contributed by atoms with van der Waals surface area (Å²) in [7, 11) is 0. The fourth-order valence-corrected chi connectivity index (χ4v) is 3.02. The van der Waals surface area contributed by atoms with Crippen molar-refractivity contribution in [1.29, 1.82) is 0 Å². The van der Waals surface area contributed by atoms with Gasteiger partial charge in [0.05, 0.1) is 21.5 Å². The Morgan fingerprint density at radius 2 is 1.04 bits per heavy atom. The molecule has 0 saturated heterocycles. The molecule has 23 heavy (non-hydrogen) atoms. The van der Waals surface area contributed by atoms with Crippen LogP contribution in [0.5, 0.6) is 0 Å². The van der Waals surface area contributed by atoms with Gasteiger partial charge in [0.25, 0.3) is 22.2 Å². The lowest BCUT2D eigenvalue weighted by Crippen LogP contribution is -2.25. The molecule has 0 aliphatic heterocycles. The Hall–Kier alpha value is -2.50. The molecule has 0 fully saturated rings. The normalized spacial score (nSPS) is 11.7. The lowest BCUT2D eigenvalue weighted by molar-refractivity contribution is 0.609. The molecule has 0 atom stereocenters. The van der Waals surface area contributed by atoms with Crippen LogP contribution in [0.3, 0.4) is 0 Å². The summed E-state index contributed by atoms with van der Waals surface area (Å²) in [5, 5.41) is 0.898. The van der Waals surface area contributed by atoms with Gasteiger partial charge in [-0.15, -0.1) is 0 Å². The van der Waals surface area contributed by atoms with Crippen molar-refractivity contribution in [1.82, 2.24) is 9.13 Å². The van der Waals surface area contributed by atoms with Crippen LogP contribution in [0.1, 0.15) is 33.1 Å². The molecule has 0 spiro atoms. The van der Waals surface area contributed by atoms with Crippen LogP contribution >= 0.6 is 0 Å². The van der Waals surface area contributed by atoms with Crippen molar-refractivity contribution in [2.24, 2.45) is 0 Å². The van der Waals surface area contributed by atoms with Gasteiger partial charge in [-0.05, 0) is 25.0 Å². The van der Waals surface area contributed by atoms with Crippen LogP contribution in [0.15, 0.2) is 31.3 Å². The highest BCUT2D eigenvalue weighted by Crippen LogP contribution is 2.14. The molecule has 2 aromatic heterocycles. The predicted molar refractivity (Wildman–Crippen MR) is 90.1 cm³/mol. The minimum atomic E-state index is -0.387. The summed E-state index contributed by atoms with van der Waals surface area (Å²) in [5.74, 6) is 0. The predicted octanol–water partition coefficient (Wildman–Crippen LogP) is 1.12.